The van der Waals surface area contributed by atoms with Gasteiger partial charge in [0.1, 0.15) is 5.75 Å². The van der Waals surface area contributed by atoms with E-state index in [1.807, 2.05) is 26.0 Å². The second-order valence-corrected chi connectivity index (χ2v) is 11.6. The highest BCUT2D eigenvalue weighted by atomic mass is 28.4. The first-order valence-corrected chi connectivity index (χ1v) is 9.94. The van der Waals surface area contributed by atoms with Gasteiger partial charge in [-0.2, -0.15) is 0 Å². The lowest BCUT2D eigenvalue weighted by Crippen LogP contribution is -2.43. The molecule has 3 nitrogen and oxygen atoms in total. The van der Waals surface area contributed by atoms with E-state index < -0.39 is 8.32 Å². The van der Waals surface area contributed by atoms with Gasteiger partial charge in [0.15, 0.2) is 0 Å². The summed E-state index contributed by atoms with van der Waals surface area (Å²) in [6.07, 6.45) is -0.106. The van der Waals surface area contributed by atoms with Crippen molar-refractivity contribution in [3.8, 4) is 5.75 Å². The smallest absolute Gasteiger partial charge is 0.338 e. The zero-order chi connectivity index (χ0) is 15.6. The van der Waals surface area contributed by atoms with Crippen LogP contribution in [0.2, 0.25) is 18.1 Å². The number of esters is 1. The molecule has 4 heteroatoms. The van der Waals surface area contributed by atoms with Gasteiger partial charge in [-0.15, -0.1) is 0 Å². The van der Waals surface area contributed by atoms with Gasteiger partial charge in [-0.3, -0.25) is 0 Å². The first-order valence-electron chi connectivity index (χ1n) is 7.03. The van der Waals surface area contributed by atoms with Crippen molar-refractivity contribution in [2.24, 2.45) is 0 Å². The van der Waals surface area contributed by atoms with E-state index in [1.54, 1.807) is 12.1 Å². The summed E-state index contributed by atoms with van der Waals surface area (Å²) < 4.78 is 11.3. The molecule has 0 aliphatic heterocycles. The number of carbonyl (C=O) groups excluding carboxylic acids is 1. The van der Waals surface area contributed by atoms with Gasteiger partial charge in [0, 0.05) is 0 Å². The monoisotopic (exact) mass is 294 g/mol. The van der Waals surface area contributed by atoms with Gasteiger partial charge in [-0.25, -0.2) is 4.79 Å². The van der Waals surface area contributed by atoms with Gasteiger partial charge in [0.25, 0.3) is 0 Å². The summed E-state index contributed by atoms with van der Waals surface area (Å²) >= 11 is 0. The minimum atomic E-state index is -1.83. The third kappa shape index (κ3) is 4.37. The summed E-state index contributed by atoms with van der Waals surface area (Å²) in [6, 6.07) is 7.20. The Morgan fingerprint density at radius 2 is 1.60 bits per heavy atom. The molecule has 0 aliphatic rings. The van der Waals surface area contributed by atoms with Crippen LogP contribution in [0, 0.1) is 0 Å². The first kappa shape index (κ1) is 16.8. The van der Waals surface area contributed by atoms with E-state index in [-0.39, 0.29) is 17.1 Å². The van der Waals surface area contributed by atoms with Gasteiger partial charge in [0.05, 0.1) is 11.7 Å². The maximum atomic E-state index is 11.8. The summed E-state index contributed by atoms with van der Waals surface area (Å²) in [5.41, 5.74) is 0.557. The Balaban J connectivity index is 2.80. The molecular weight excluding hydrogens is 268 g/mol. The Kier molecular flexibility index (Phi) is 5.03. The predicted octanol–water partition coefficient (Wildman–Crippen LogP) is 4.64. The summed E-state index contributed by atoms with van der Waals surface area (Å²) in [7, 11) is -1.83. The van der Waals surface area contributed by atoms with Gasteiger partial charge >= 0.3 is 5.97 Å². The molecule has 0 atom stereocenters. The van der Waals surface area contributed by atoms with Crippen molar-refractivity contribution in [2.75, 3.05) is 0 Å². The molecule has 112 valence electrons. The van der Waals surface area contributed by atoms with Crippen LogP contribution >= 0.6 is 0 Å². The van der Waals surface area contributed by atoms with Gasteiger partial charge in [-0.05, 0) is 56.2 Å². The fourth-order valence-corrected chi connectivity index (χ4v) is 2.42. The molecule has 0 aromatic heterocycles. The Morgan fingerprint density at radius 1 is 1.10 bits per heavy atom. The summed E-state index contributed by atoms with van der Waals surface area (Å²) in [5, 5.41) is 0.155. The van der Waals surface area contributed by atoms with Crippen LogP contribution in [0.15, 0.2) is 24.3 Å². The summed E-state index contributed by atoms with van der Waals surface area (Å²) in [6.45, 7) is 14.7. The molecule has 0 amide bonds. The van der Waals surface area contributed by atoms with Crippen molar-refractivity contribution in [3.63, 3.8) is 0 Å². The van der Waals surface area contributed by atoms with E-state index in [2.05, 4.69) is 33.9 Å². The molecule has 20 heavy (non-hydrogen) atoms. The average Bonchev–Trinajstić information content (AvgIpc) is 2.26. The van der Waals surface area contributed by atoms with Crippen LogP contribution < -0.4 is 4.43 Å². The number of carbonyl (C=O) groups is 1. The van der Waals surface area contributed by atoms with E-state index in [0.29, 0.717) is 5.56 Å². The quantitative estimate of drug-likeness (QED) is 0.599. The fourth-order valence-electron chi connectivity index (χ4n) is 1.39. The van der Waals surface area contributed by atoms with Crippen molar-refractivity contribution in [2.45, 2.75) is 58.9 Å². The molecule has 0 spiro atoms. The summed E-state index contributed by atoms with van der Waals surface area (Å²) in [4.78, 5) is 11.8. The highest BCUT2D eigenvalue weighted by Gasteiger charge is 2.38. The number of hydrogen-bond acceptors (Lipinski definition) is 3. The Morgan fingerprint density at radius 3 is 2.00 bits per heavy atom. The third-order valence-electron chi connectivity index (χ3n) is 3.61. The Hall–Kier alpha value is -1.29. The molecule has 1 aromatic rings. The van der Waals surface area contributed by atoms with E-state index in [4.69, 9.17) is 9.16 Å². The van der Waals surface area contributed by atoms with Crippen LogP contribution in [0.3, 0.4) is 0 Å². The molecule has 0 heterocycles. The van der Waals surface area contributed by atoms with Crippen LogP contribution in [0.4, 0.5) is 0 Å². The molecule has 0 bridgehead atoms. The molecule has 0 saturated carbocycles. The topological polar surface area (TPSA) is 35.5 Å². The highest BCUT2D eigenvalue weighted by molar-refractivity contribution is 6.74. The second-order valence-electron chi connectivity index (χ2n) is 6.84. The number of hydrogen-bond donors (Lipinski definition) is 0. The molecule has 0 radical (unpaired) electrons. The van der Waals surface area contributed by atoms with Crippen LogP contribution in [0.1, 0.15) is 45.0 Å². The molecule has 1 aromatic carbocycles. The molecule has 0 fully saturated rings. The van der Waals surface area contributed by atoms with Crippen molar-refractivity contribution < 1.29 is 14.0 Å². The number of rotatable bonds is 4. The minimum absolute atomic E-state index is 0.106. The lowest BCUT2D eigenvalue weighted by Gasteiger charge is -2.36. The Bertz CT molecular complexity index is 456. The normalized spacial score (nSPS) is 12.4. The van der Waals surface area contributed by atoms with Crippen LogP contribution in [0.25, 0.3) is 0 Å². The molecular formula is C16H26O3Si. The molecule has 0 unspecified atom stereocenters. The first-order chi connectivity index (χ1) is 9.03. The molecule has 0 N–H and O–H groups in total. The van der Waals surface area contributed by atoms with Crippen LogP contribution in [-0.4, -0.2) is 20.4 Å². The maximum Gasteiger partial charge on any atom is 0.338 e. The summed E-state index contributed by atoms with van der Waals surface area (Å²) in [5.74, 6) is 0.525. The largest absolute Gasteiger partial charge is 0.544 e. The number of benzene rings is 1. The average molecular weight is 294 g/mol. The van der Waals surface area contributed by atoms with E-state index in [1.165, 1.54) is 0 Å². The molecule has 0 aliphatic carbocycles. The predicted molar refractivity (Wildman–Crippen MR) is 84.8 cm³/mol. The lowest BCUT2D eigenvalue weighted by molar-refractivity contribution is 0.0378. The second kappa shape index (κ2) is 6.00. The third-order valence-corrected chi connectivity index (χ3v) is 7.97. The van der Waals surface area contributed by atoms with E-state index in [9.17, 15) is 4.79 Å². The van der Waals surface area contributed by atoms with E-state index in [0.717, 1.165) is 5.75 Å². The zero-order valence-electron chi connectivity index (χ0n) is 13.6. The van der Waals surface area contributed by atoms with Crippen molar-refractivity contribution in [1.29, 1.82) is 0 Å². The van der Waals surface area contributed by atoms with Gasteiger partial charge < -0.3 is 9.16 Å². The van der Waals surface area contributed by atoms with Gasteiger partial charge in [0.2, 0.25) is 8.32 Å². The number of ether oxygens (including phenoxy) is 1. The zero-order valence-corrected chi connectivity index (χ0v) is 14.6. The fraction of sp³-hybridized carbons (Fsp3) is 0.562. The van der Waals surface area contributed by atoms with E-state index >= 15 is 0 Å². The minimum Gasteiger partial charge on any atom is -0.544 e. The molecule has 1 rings (SSSR count). The van der Waals surface area contributed by atoms with Crippen LogP contribution in [-0.2, 0) is 4.74 Å². The SMILES string of the molecule is CC(C)OC(=O)c1ccc(O[Si](C)(C)C(C)(C)C)cc1. The van der Waals surface area contributed by atoms with Crippen molar-refractivity contribution >= 4 is 14.3 Å². The Labute approximate surface area is 123 Å². The van der Waals surface area contributed by atoms with Crippen molar-refractivity contribution in [1.82, 2.24) is 0 Å². The van der Waals surface area contributed by atoms with Crippen molar-refractivity contribution in [3.05, 3.63) is 29.8 Å². The maximum absolute atomic E-state index is 11.8. The van der Waals surface area contributed by atoms with Crippen LogP contribution in [0.5, 0.6) is 5.75 Å². The standard InChI is InChI=1S/C16H26O3Si/c1-12(2)18-15(17)13-8-10-14(11-9-13)19-20(6,7)16(3,4)5/h8-12H,1-7H3. The molecule has 0 saturated heterocycles. The lowest BCUT2D eigenvalue weighted by atomic mass is 10.2. The van der Waals surface area contributed by atoms with Gasteiger partial charge in [-0.1, -0.05) is 20.8 Å². The highest BCUT2D eigenvalue weighted by Crippen LogP contribution is 2.37.